The molecule has 0 bridgehead atoms. The molecule has 2 aromatic heterocycles. The number of aryl methyl sites for hydroxylation is 1. The summed E-state index contributed by atoms with van der Waals surface area (Å²) < 4.78 is 14.4. The molecule has 1 aromatic carbocycles. The van der Waals surface area contributed by atoms with Gasteiger partial charge in [0, 0.05) is 18.0 Å². The van der Waals surface area contributed by atoms with Gasteiger partial charge in [-0.3, -0.25) is 0 Å². The minimum atomic E-state index is -0.519. The van der Waals surface area contributed by atoms with Gasteiger partial charge < -0.3 is 24.1 Å². The van der Waals surface area contributed by atoms with Crippen LogP contribution in [0.3, 0.4) is 0 Å². The number of fused-ring (bicyclic) bond motifs is 2. The highest BCUT2D eigenvalue weighted by atomic mass is 16.5. The van der Waals surface area contributed by atoms with E-state index in [0.717, 1.165) is 42.6 Å². The second kappa shape index (κ2) is 13.8. The van der Waals surface area contributed by atoms with E-state index in [0.29, 0.717) is 24.2 Å². The lowest BCUT2D eigenvalue weighted by Crippen LogP contribution is -2.48. The molecule has 3 aromatic rings. The molecule has 2 N–H and O–H groups in total. The maximum atomic E-state index is 12.4. The van der Waals surface area contributed by atoms with Crippen molar-refractivity contribution in [3.05, 3.63) is 45.6 Å². The zero-order chi connectivity index (χ0) is 29.5. The molecule has 41 heavy (non-hydrogen) atoms. The normalized spacial score (nSPS) is 14.8. The Balaban J connectivity index is 1.23. The maximum Gasteiger partial charge on any atom is 0.336 e. The van der Waals surface area contributed by atoms with Crippen molar-refractivity contribution in [2.45, 2.75) is 105 Å². The van der Waals surface area contributed by atoms with Crippen LogP contribution < -0.4 is 15.7 Å². The van der Waals surface area contributed by atoms with Crippen molar-refractivity contribution >= 4 is 11.0 Å². The molecule has 1 aliphatic heterocycles. The number of quaternary nitrogens is 1. The summed E-state index contributed by atoms with van der Waals surface area (Å²) in [7, 11) is 0. The van der Waals surface area contributed by atoms with Crippen LogP contribution in [0.25, 0.3) is 11.0 Å². The summed E-state index contributed by atoms with van der Waals surface area (Å²) >= 11 is 0. The average Bonchev–Trinajstić information content (AvgIpc) is 3.40. The van der Waals surface area contributed by atoms with E-state index in [1.54, 1.807) is 4.68 Å². The predicted octanol–water partition coefficient (Wildman–Crippen LogP) is 5.55. The van der Waals surface area contributed by atoms with Crippen molar-refractivity contribution in [3.8, 4) is 11.5 Å². The first-order valence-corrected chi connectivity index (χ1v) is 15.6. The summed E-state index contributed by atoms with van der Waals surface area (Å²) in [6.45, 7) is 18.0. The molecule has 0 fully saturated rings. The molecule has 0 spiro atoms. The number of nitrogens with zero attached hydrogens (tertiary/aromatic N) is 4. The fourth-order valence-electron chi connectivity index (χ4n) is 6.01. The molecule has 0 radical (unpaired) electrons. The number of ether oxygens (including phenoxy) is 1. The number of aromatic hydroxyl groups is 1. The number of nitrogens with one attached hydrogen (secondary N) is 1. The fourth-order valence-corrected chi connectivity index (χ4v) is 6.01. The van der Waals surface area contributed by atoms with Crippen LogP contribution in [0.1, 0.15) is 96.4 Å². The Morgan fingerprint density at radius 1 is 1.05 bits per heavy atom. The number of hydrogen-bond acceptors (Lipinski definition) is 7. The Morgan fingerprint density at radius 2 is 1.76 bits per heavy atom. The number of rotatable bonds is 16. The molecule has 9 heteroatoms. The van der Waals surface area contributed by atoms with Crippen LogP contribution in [0.4, 0.5) is 0 Å². The minimum absolute atomic E-state index is 0.113. The predicted molar refractivity (Wildman–Crippen MR) is 162 cm³/mol. The van der Waals surface area contributed by atoms with Crippen molar-refractivity contribution in [2.24, 2.45) is 0 Å². The van der Waals surface area contributed by atoms with Gasteiger partial charge in [0.1, 0.15) is 5.60 Å². The van der Waals surface area contributed by atoms with Crippen LogP contribution in [0.5, 0.6) is 11.5 Å². The number of phenolic OH excluding ortho intramolecular Hbond substituents is 1. The SMILES string of the molecule is CC[N+](CC)(CC)CCCCCCCCNCc1cn(Cc2cc(=O)oc3c(O)c4c(cc23)CCC(C)(C)O4)nn1. The molecule has 0 saturated carbocycles. The molecule has 0 unspecified atom stereocenters. The molecular weight excluding hydrogens is 518 g/mol. The van der Waals surface area contributed by atoms with Crippen molar-refractivity contribution in [2.75, 3.05) is 32.7 Å². The van der Waals surface area contributed by atoms with Crippen molar-refractivity contribution in [3.63, 3.8) is 0 Å². The van der Waals surface area contributed by atoms with Gasteiger partial charge in [0.25, 0.3) is 0 Å². The van der Waals surface area contributed by atoms with Crippen LogP contribution in [0.2, 0.25) is 0 Å². The summed E-state index contributed by atoms with van der Waals surface area (Å²) in [5.41, 5.74) is 1.76. The van der Waals surface area contributed by atoms with Gasteiger partial charge in [-0.15, -0.1) is 5.10 Å². The Bertz CT molecular complexity index is 1330. The minimum Gasteiger partial charge on any atom is -0.502 e. The summed E-state index contributed by atoms with van der Waals surface area (Å²) in [5, 5.41) is 23.7. The van der Waals surface area contributed by atoms with Gasteiger partial charge in [-0.05, 0) is 90.5 Å². The quantitative estimate of drug-likeness (QED) is 0.133. The second-order valence-corrected chi connectivity index (χ2v) is 12.3. The monoisotopic (exact) mass is 568 g/mol. The summed E-state index contributed by atoms with van der Waals surface area (Å²) in [6, 6.07) is 3.43. The van der Waals surface area contributed by atoms with E-state index in [4.69, 9.17) is 9.15 Å². The fraction of sp³-hybridized carbons (Fsp3) is 0.656. The Morgan fingerprint density at radius 3 is 2.49 bits per heavy atom. The van der Waals surface area contributed by atoms with Crippen molar-refractivity contribution < 1.29 is 18.7 Å². The van der Waals surface area contributed by atoms with E-state index >= 15 is 0 Å². The van der Waals surface area contributed by atoms with Gasteiger partial charge in [0.2, 0.25) is 5.75 Å². The Kier molecular flexibility index (Phi) is 10.5. The molecule has 1 aliphatic rings. The highest BCUT2D eigenvalue weighted by Gasteiger charge is 2.31. The molecule has 226 valence electrons. The second-order valence-electron chi connectivity index (χ2n) is 12.3. The Labute approximate surface area is 244 Å². The van der Waals surface area contributed by atoms with Gasteiger partial charge in [0.05, 0.1) is 44.6 Å². The summed E-state index contributed by atoms with van der Waals surface area (Å²) in [5.74, 6) is 0.294. The number of aromatic nitrogens is 3. The van der Waals surface area contributed by atoms with Crippen molar-refractivity contribution in [1.29, 1.82) is 0 Å². The average molecular weight is 569 g/mol. The van der Waals surface area contributed by atoms with Crippen LogP contribution in [0, 0.1) is 0 Å². The highest BCUT2D eigenvalue weighted by Crippen LogP contribution is 2.44. The van der Waals surface area contributed by atoms with Gasteiger partial charge in [-0.25, -0.2) is 9.48 Å². The lowest BCUT2D eigenvalue weighted by Gasteiger charge is -2.35. The zero-order valence-corrected chi connectivity index (χ0v) is 25.8. The van der Waals surface area contributed by atoms with E-state index in [1.165, 1.54) is 68.8 Å². The van der Waals surface area contributed by atoms with E-state index in [1.807, 2.05) is 26.1 Å². The maximum absolute atomic E-state index is 12.4. The van der Waals surface area contributed by atoms with E-state index < -0.39 is 5.63 Å². The molecule has 0 aliphatic carbocycles. The van der Waals surface area contributed by atoms with Gasteiger partial charge >= 0.3 is 5.63 Å². The lowest BCUT2D eigenvalue weighted by atomic mass is 9.92. The van der Waals surface area contributed by atoms with Crippen LogP contribution in [-0.4, -0.2) is 62.9 Å². The third-order valence-electron chi connectivity index (χ3n) is 8.97. The van der Waals surface area contributed by atoms with E-state index in [-0.39, 0.29) is 16.9 Å². The van der Waals surface area contributed by atoms with Gasteiger partial charge in [0.15, 0.2) is 11.3 Å². The first-order valence-electron chi connectivity index (χ1n) is 15.6. The molecule has 0 amide bonds. The zero-order valence-electron chi connectivity index (χ0n) is 25.8. The molecule has 3 heterocycles. The lowest BCUT2D eigenvalue weighted by molar-refractivity contribution is -0.923. The first kappa shape index (κ1) is 31.0. The smallest absolute Gasteiger partial charge is 0.336 e. The van der Waals surface area contributed by atoms with Gasteiger partial charge in [-0.1, -0.05) is 24.5 Å². The van der Waals surface area contributed by atoms with Gasteiger partial charge in [-0.2, -0.15) is 0 Å². The van der Waals surface area contributed by atoms with Crippen LogP contribution in [-0.2, 0) is 19.5 Å². The van der Waals surface area contributed by atoms with Crippen LogP contribution in [0.15, 0.2) is 27.5 Å². The molecule has 0 saturated heterocycles. The van der Waals surface area contributed by atoms with Crippen molar-refractivity contribution in [1.82, 2.24) is 20.3 Å². The molecule has 4 rings (SSSR count). The number of benzene rings is 1. The Hall–Kier alpha value is -2.91. The standard InChI is InChI=1S/C32H49N5O4/c1-6-37(7-2,8-3)18-14-12-10-9-11-13-17-33-21-26-23-36(35-34-26)22-25-20-28(38)40-31-27(25)19-24-15-16-32(4,5)41-30(24)29(31)39/h19-20,23,33H,6-18,21-22H2,1-5H3/p+1. The molecule has 9 nitrogen and oxygen atoms in total. The molecular formula is C32H50N5O4+. The number of hydrogen-bond donors (Lipinski definition) is 2. The highest BCUT2D eigenvalue weighted by molar-refractivity contribution is 5.89. The largest absolute Gasteiger partial charge is 0.502 e. The van der Waals surface area contributed by atoms with Crippen LogP contribution >= 0.6 is 0 Å². The third kappa shape index (κ3) is 7.89. The third-order valence-corrected chi connectivity index (χ3v) is 8.97. The summed E-state index contributed by atoms with van der Waals surface area (Å²) in [4.78, 5) is 12.4. The topological polar surface area (TPSA) is 102 Å². The number of unbranched alkanes of at least 4 members (excludes halogenated alkanes) is 5. The summed E-state index contributed by atoms with van der Waals surface area (Å²) in [6.07, 6.45) is 11.2. The van der Waals surface area contributed by atoms with E-state index in [2.05, 4.69) is 36.4 Å². The van der Waals surface area contributed by atoms with E-state index in [9.17, 15) is 9.90 Å². The number of phenols is 1. The first-order chi connectivity index (χ1) is 19.7. The molecule has 0 atom stereocenters.